The highest BCUT2D eigenvalue weighted by atomic mass is 16.5. The summed E-state index contributed by atoms with van der Waals surface area (Å²) >= 11 is 0. The van der Waals surface area contributed by atoms with E-state index in [4.69, 9.17) is 4.52 Å². The Bertz CT molecular complexity index is 414. The van der Waals surface area contributed by atoms with Crippen LogP contribution in [0.4, 0.5) is 0 Å². The van der Waals surface area contributed by atoms with Crippen molar-refractivity contribution in [1.29, 1.82) is 0 Å². The normalized spacial score (nSPS) is 21.7. The first kappa shape index (κ1) is 14.1. The van der Waals surface area contributed by atoms with Gasteiger partial charge in [0.05, 0.1) is 17.8 Å². The molecular formula is C14H23N3O2. The summed E-state index contributed by atoms with van der Waals surface area (Å²) < 4.78 is 5.15. The van der Waals surface area contributed by atoms with E-state index >= 15 is 0 Å². The van der Waals surface area contributed by atoms with Gasteiger partial charge in [-0.1, -0.05) is 18.0 Å². The first-order valence-electron chi connectivity index (χ1n) is 7.06. The summed E-state index contributed by atoms with van der Waals surface area (Å²) in [7, 11) is 0. The number of aryl methyl sites for hydroxylation is 2. The van der Waals surface area contributed by atoms with Crippen LogP contribution in [0.1, 0.15) is 55.7 Å². The summed E-state index contributed by atoms with van der Waals surface area (Å²) in [5.74, 6) is 0.855. The molecule has 2 N–H and O–H groups in total. The second-order valence-electron chi connectivity index (χ2n) is 5.32. The fourth-order valence-corrected chi connectivity index (χ4v) is 2.75. The van der Waals surface area contributed by atoms with Gasteiger partial charge >= 0.3 is 0 Å². The van der Waals surface area contributed by atoms with E-state index in [2.05, 4.69) is 15.8 Å². The average molecular weight is 265 g/mol. The predicted octanol–water partition coefficient (Wildman–Crippen LogP) is 2.00. The number of nitrogens with one attached hydrogen (secondary N) is 2. The van der Waals surface area contributed by atoms with Gasteiger partial charge in [0, 0.05) is 5.56 Å². The van der Waals surface area contributed by atoms with E-state index in [0.717, 1.165) is 42.8 Å². The van der Waals surface area contributed by atoms with Crippen molar-refractivity contribution < 1.29 is 9.32 Å². The number of carbonyl (C=O) groups excluding carboxylic acids is 1. The van der Waals surface area contributed by atoms with Crippen LogP contribution in [0.5, 0.6) is 0 Å². The van der Waals surface area contributed by atoms with Crippen LogP contribution in [0, 0.1) is 13.8 Å². The summed E-state index contributed by atoms with van der Waals surface area (Å²) in [4.78, 5) is 12.3. The number of rotatable bonds is 3. The summed E-state index contributed by atoms with van der Waals surface area (Å²) in [6.45, 7) is 6.68. The third-order valence-corrected chi connectivity index (χ3v) is 3.76. The summed E-state index contributed by atoms with van der Waals surface area (Å²) in [5.41, 5.74) is 1.83. The molecule has 106 valence electrons. The van der Waals surface area contributed by atoms with Gasteiger partial charge in [-0.05, 0) is 40.2 Å². The minimum atomic E-state index is -0.0659. The average Bonchev–Trinajstić information content (AvgIpc) is 2.59. The lowest BCUT2D eigenvalue weighted by Gasteiger charge is -2.19. The van der Waals surface area contributed by atoms with E-state index in [-0.39, 0.29) is 18.0 Å². The van der Waals surface area contributed by atoms with Gasteiger partial charge in [0.2, 0.25) is 5.91 Å². The molecule has 5 nitrogen and oxygen atoms in total. The maximum absolute atomic E-state index is 12.3. The van der Waals surface area contributed by atoms with E-state index in [1.165, 1.54) is 6.42 Å². The van der Waals surface area contributed by atoms with Gasteiger partial charge < -0.3 is 15.2 Å². The van der Waals surface area contributed by atoms with Crippen molar-refractivity contribution in [3.05, 3.63) is 17.0 Å². The lowest BCUT2D eigenvalue weighted by atomic mass is 10.1. The van der Waals surface area contributed by atoms with Crippen molar-refractivity contribution in [2.24, 2.45) is 0 Å². The SMILES string of the molecule is Cc1noc(C)c1C(C)NC(=O)C1CCCCCN1. The number of amides is 1. The van der Waals surface area contributed by atoms with Gasteiger partial charge in [-0.15, -0.1) is 0 Å². The molecule has 1 fully saturated rings. The fraction of sp³-hybridized carbons (Fsp3) is 0.714. The Morgan fingerprint density at radius 1 is 1.42 bits per heavy atom. The van der Waals surface area contributed by atoms with Crippen molar-refractivity contribution in [3.63, 3.8) is 0 Å². The molecule has 0 spiro atoms. The zero-order chi connectivity index (χ0) is 13.8. The topological polar surface area (TPSA) is 67.2 Å². The molecule has 0 aliphatic carbocycles. The van der Waals surface area contributed by atoms with Crippen molar-refractivity contribution in [1.82, 2.24) is 15.8 Å². The van der Waals surface area contributed by atoms with Crippen molar-refractivity contribution >= 4 is 5.91 Å². The molecule has 1 aliphatic rings. The molecule has 2 unspecified atom stereocenters. The van der Waals surface area contributed by atoms with Crippen LogP contribution in [0.3, 0.4) is 0 Å². The highest BCUT2D eigenvalue weighted by Crippen LogP contribution is 2.21. The highest BCUT2D eigenvalue weighted by Gasteiger charge is 2.23. The molecule has 0 saturated carbocycles. The maximum atomic E-state index is 12.3. The fourth-order valence-electron chi connectivity index (χ4n) is 2.75. The number of hydrogen-bond acceptors (Lipinski definition) is 4. The third kappa shape index (κ3) is 3.35. The summed E-state index contributed by atoms with van der Waals surface area (Å²) in [5, 5.41) is 10.3. The molecular weight excluding hydrogens is 242 g/mol. The standard InChI is InChI=1S/C14H23N3O2/c1-9(13-10(2)17-19-11(13)3)16-14(18)12-7-5-4-6-8-15-12/h9,12,15H,4-8H2,1-3H3,(H,16,18). The molecule has 5 heteroatoms. The van der Waals surface area contributed by atoms with Gasteiger partial charge in [-0.3, -0.25) is 4.79 Å². The molecule has 19 heavy (non-hydrogen) atoms. The van der Waals surface area contributed by atoms with Crippen LogP contribution in [0.2, 0.25) is 0 Å². The number of hydrogen-bond donors (Lipinski definition) is 2. The van der Waals surface area contributed by atoms with E-state index in [0.29, 0.717) is 0 Å². The van der Waals surface area contributed by atoms with Crippen LogP contribution >= 0.6 is 0 Å². The Hall–Kier alpha value is -1.36. The smallest absolute Gasteiger partial charge is 0.237 e. The predicted molar refractivity (Wildman–Crippen MR) is 72.8 cm³/mol. The van der Waals surface area contributed by atoms with E-state index in [9.17, 15) is 4.79 Å². The molecule has 0 radical (unpaired) electrons. The summed E-state index contributed by atoms with van der Waals surface area (Å²) in [6.07, 6.45) is 4.39. The van der Waals surface area contributed by atoms with Gasteiger partial charge in [0.1, 0.15) is 5.76 Å². The molecule has 0 bridgehead atoms. The molecule has 2 rings (SSSR count). The van der Waals surface area contributed by atoms with Crippen molar-refractivity contribution in [3.8, 4) is 0 Å². The first-order valence-corrected chi connectivity index (χ1v) is 7.06. The first-order chi connectivity index (χ1) is 9.09. The van der Waals surface area contributed by atoms with E-state index < -0.39 is 0 Å². The second-order valence-corrected chi connectivity index (χ2v) is 5.32. The molecule has 1 amide bonds. The zero-order valence-electron chi connectivity index (χ0n) is 12.0. The lowest BCUT2D eigenvalue weighted by molar-refractivity contribution is -0.123. The quantitative estimate of drug-likeness (QED) is 0.877. The lowest BCUT2D eigenvalue weighted by Crippen LogP contribution is -2.44. The minimum Gasteiger partial charge on any atom is -0.361 e. The van der Waals surface area contributed by atoms with Gasteiger partial charge in [-0.25, -0.2) is 0 Å². The van der Waals surface area contributed by atoms with E-state index in [1.807, 2.05) is 20.8 Å². The van der Waals surface area contributed by atoms with E-state index in [1.54, 1.807) is 0 Å². The van der Waals surface area contributed by atoms with Crippen LogP contribution in [-0.4, -0.2) is 23.7 Å². The molecule has 2 atom stereocenters. The maximum Gasteiger partial charge on any atom is 0.237 e. The van der Waals surface area contributed by atoms with Gasteiger partial charge in [0.15, 0.2) is 0 Å². The van der Waals surface area contributed by atoms with Crippen LogP contribution in [0.15, 0.2) is 4.52 Å². The number of nitrogens with zero attached hydrogens (tertiary/aromatic N) is 1. The van der Waals surface area contributed by atoms with Gasteiger partial charge in [0.25, 0.3) is 0 Å². The van der Waals surface area contributed by atoms with Crippen LogP contribution in [0.25, 0.3) is 0 Å². The van der Waals surface area contributed by atoms with Crippen molar-refractivity contribution in [2.45, 2.75) is 58.5 Å². The molecule has 1 aliphatic heterocycles. The van der Waals surface area contributed by atoms with Crippen LogP contribution < -0.4 is 10.6 Å². The number of carbonyl (C=O) groups is 1. The largest absolute Gasteiger partial charge is 0.361 e. The second kappa shape index (κ2) is 6.19. The molecule has 2 heterocycles. The Kier molecular flexibility index (Phi) is 4.58. The molecule has 1 aromatic rings. The Balaban J connectivity index is 1.98. The Morgan fingerprint density at radius 3 is 2.89 bits per heavy atom. The number of aromatic nitrogens is 1. The zero-order valence-corrected chi connectivity index (χ0v) is 12.0. The monoisotopic (exact) mass is 265 g/mol. The third-order valence-electron chi connectivity index (χ3n) is 3.76. The Labute approximate surface area is 114 Å². The van der Waals surface area contributed by atoms with Gasteiger partial charge in [-0.2, -0.15) is 0 Å². The molecule has 1 saturated heterocycles. The van der Waals surface area contributed by atoms with Crippen molar-refractivity contribution in [2.75, 3.05) is 6.54 Å². The summed E-state index contributed by atoms with van der Waals surface area (Å²) in [6, 6.07) is -0.130. The Morgan fingerprint density at radius 2 is 2.21 bits per heavy atom. The molecule has 1 aromatic heterocycles. The molecule has 0 aromatic carbocycles. The highest BCUT2D eigenvalue weighted by molar-refractivity contribution is 5.82. The minimum absolute atomic E-state index is 0.0644. The van der Waals surface area contributed by atoms with Crippen LogP contribution in [-0.2, 0) is 4.79 Å².